The largest absolute Gasteiger partial charge is 0.487 e. The number of benzene rings is 2. The average Bonchev–Trinajstić information content (AvgIpc) is 2.61. The van der Waals surface area contributed by atoms with Gasteiger partial charge in [0.2, 0.25) is 0 Å². The topological polar surface area (TPSA) is 61.3 Å². The molecule has 0 bridgehead atoms. The van der Waals surface area contributed by atoms with Crippen LogP contribution in [0.5, 0.6) is 5.75 Å². The number of hydrogen-bond donors (Lipinski definition) is 2. The number of unbranched alkanes of at least 4 members (excludes halogenated alkanes) is 1. The number of hydrogen-bond acceptors (Lipinski definition) is 3. The van der Waals surface area contributed by atoms with Crippen molar-refractivity contribution in [2.75, 3.05) is 12.3 Å². The second kappa shape index (κ2) is 12.4. The van der Waals surface area contributed by atoms with Crippen molar-refractivity contribution in [2.45, 2.75) is 53.1 Å². The molecule has 0 fully saturated rings. The van der Waals surface area contributed by atoms with Gasteiger partial charge in [0.1, 0.15) is 12.4 Å². The first-order valence-electron chi connectivity index (χ1n) is 9.32. The Hall–Kier alpha value is -2.00. The maximum Gasteiger partial charge on any atom is 0.142 e. The summed E-state index contributed by atoms with van der Waals surface area (Å²) in [6.07, 6.45) is 4.64. The van der Waals surface area contributed by atoms with Crippen molar-refractivity contribution in [3.8, 4) is 5.75 Å². The predicted octanol–water partition coefficient (Wildman–Crippen LogP) is 5.18. The van der Waals surface area contributed by atoms with E-state index in [4.69, 9.17) is 16.2 Å². The molecule has 0 aliphatic rings. The van der Waals surface area contributed by atoms with Crippen LogP contribution >= 0.6 is 0 Å². The van der Waals surface area contributed by atoms with Crippen molar-refractivity contribution in [3.05, 3.63) is 59.7 Å². The zero-order chi connectivity index (χ0) is 18.5. The first-order valence-corrected chi connectivity index (χ1v) is 9.32. The molecule has 3 nitrogen and oxygen atoms in total. The number of aryl methyl sites for hydroxylation is 1. The summed E-state index contributed by atoms with van der Waals surface area (Å²) < 4.78 is 5.78. The van der Waals surface area contributed by atoms with Crippen molar-refractivity contribution in [3.63, 3.8) is 0 Å². The minimum atomic E-state index is 0.552. The molecule has 0 atom stereocenters. The van der Waals surface area contributed by atoms with Crippen molar-refractivity contribution in [1.82, 2.24) is 0 Å². The first-order chi connectivity index (χ1) is 12.1. The lowest BCUT2D eigenvalue weighted by molar-refractivity contribution is 0.308. The minimum absolute atomic E-state index is 0.552. The SMILES string of the molecule is CC(C)CCc1ccc(OCc2ccccc2)c(N)c1.CCCCN. The summed E-state index contributed by atoms with van der Waals surface area (Å²) in [5.74, 6) is 1.48. The Balaban J connectivity index is 0.000000550. The Kier molecular flexibility index (Phi) is 10.4. The van der Waals surface area contributed by atoms with E-state index in [1.165, 1.54) is 24.8 Å². The molecule has 4 N–H and O–H groups in total. The zero-order valence-electron chi connectivity index (χ0n) is 16.0. The van der Waals surface area contributed by atoms with E-state index in [1.807, 2.05) is 42.5 Å². The third-order valence-corrected chi connectivity index (χ3v) is 3.88. The molecule has 0 aliphatic carbocycles. The molecule has 0 saturated heterocycles. The van der Waals surface area contributed by atoms with E-state index < -0.39 is 0 Å². The molecule has 0 amide bonds. The van der Waals surface area contributed by atoms with Gasteiger partial charge in [0.05, 0.1) is 5.69 Å². The van der Waals surface area contributed by atoms with Gasteiger partial charge in [0.25, 0.3) is 0 Å². The number of ether oxygens (including phenoxy) is 1. The van der Waals surface area contributed by atoms with Gasteiger partial charge in [-0.3, -0.25) is 0 Å². The summed E-state index contributed by atoms with van der Waals surface area (Å²) in [7, 11) is 0. The molecule has 2 aromatic rings. The van der Waals surface area contributed by atoms with Crippen molar-refractivity contribution in [2.24, 2.45) is 11.7 Å². The summed E-state index contributed by atoms with van der Waals surface area (Å²) in [5, 5.41) is 0. The molecule has 3 heteroatoms. The second-order valence-electron chi connectivity index (χ2n) is 6.72. The molecule has 0 aromatic heterocycles. The number of rotatable bonds is 8. The third-order valence-electron chi connectivity index (χ3n) is 3.88. The lowest BCUT2D eigenvalue weighted by Crippen LogP contribution is -2.00. The Bertz CT molecular complexity index is 580. The fourth-order valence-corrected chi connectivity index (χ4v) is 2.28. The van der Waals surface area contributed by atoms with Crippen LogP contribution in [0.1, 0.15) is 51.2 Å². The molecule has 2 rings (SSSR count). The summed E-state index contributed by atoms with van der Waals surface area (Å²) in [6.45, 7) is 8.00. The Morgan fingerprint density at radius 1 is 1.00 bits per heavy atom. The Morgan fingerprint density at radius 3 is 2.24 bits per heavy atom. The van der Waals surface area contributed by atoms with Gasteiger partial charge in [0, 0.05) is 0 Å². The van der Waals surface area contributed by atoms with E-state index in [-0.39, 0.29) is 0 Å². The zero-order valence-corrected chi connectivity index (χ0v) is 16.0. The molecule has 25 heavy (non-hydrogen) atoms. The molecule has 2 aromatic carbocycles. The molecule has 138 valence electrons. The highest BCUT2D eigenvalue weighted by Crippen LogP contribution is 2.24. The highest BCUT2D eigenvalue weighted by atomic mass is 16.5. The molecular weight excluding hydrogens is 308 g/mol. The highest BCUT2D eigenvalue weighted by molar-refractivity contribution is 5.54. The van der Waals surface area contributed by atoms with Crippen molar-refractivity contribution in [1.29, 1.82) is 0 Å². The van der Waals surface area contributed by atoms with Crippen LogP contribution in [-0.4, -0.2) is 6.54 Å². The van der Waals surface area contributed by atoms with E-state index in [0.29, 0.717) is 12.5 Å². The van der Waals surface area contributed by atoms with Gasteiger partial charge in [-0.25, -0.2) is 0 Å². The maximum atomic E-state index is 6.07. The molecule has 0 heterocycles. The Morgan fingerprint density at radius 2 is 1.72 bits per heavy atom. The van der Waals surface area contributed by atoms with Crippen LogP contribution in [0.2, 0.25) is 0 Å². The predicted molar refractivity (Wildman–Crippen MR) is 109 cm³/mol. The fourth-order valence-electron chi connectivity index (χ4n) is 2.28. The fraction of sp³-hybridized carbons (Fsp3) is 0.455. The standard InChI is InChI=1S/C18H23NO.C4H11N/c1-14(2)8-9-15-10-11-18(17(19)12-15)20-13-16-6-4-3-5-7-16;1-2-3-4-5/h3-7,10-12,14H,8-9,13,19H2,1-2H3;2-5H2,1H3. The van der Waals surface area contributed by atoms with Crippen LogP contribution in [0.4, 0.5) is 5.69 Å². The van der Waals surface area contributed by atoms with Crippen LogP contribution in [0, 0.1) is 5.92 Å². The first kappa shape index (κ1) is 21.0. The number of nitrogen functional groups attached to an aromatic ring is 1. The lowest BCUT2D eigenvalue weighted by Gasteiger charge is -2.11. The van der Waals surface area contributed by atoms with E-state index >= 15 is 0 Å². The second-order valence-corrected chi connectivity index (χ2v) is 6.72. The molecule has 0 unspecified atom stereocenters. The van der Waals surface area contributed by atoms with Gasteiger partial charge in [-0.1, -0.05) is 63.6 Å². The lowest BCUT2D eigenvalue weighted by atomic mass is 10.0. The third kappa shape index (κ3) is 9.16. The Labute approximate surface area is 153 Å². The van der Waals surface area contributed by atoms with Gasteiger partial charge in [-0.15, -0.1) is 0 Å². The van der Waals surface area contributed by atoms with E-state index in [1.54, 1.807) is 0 Å². The van der Waals surface area contributed by atoms with Gasteiger partial charge in [-0.2, -0.15) is 0 Å². The van der Waals surface area contributed by atoms with Crippen LogP contribution in [-0.2, 0) is 13.0 Å². The van der Waals surface area contributed by atoms with Gasteiger partial charge in [-0.05, 0) is 55.0 Å². The van der Waals surface area contributed by atoms with Crippen molar-refractivity contribution >= 4 is 5.69 Å². The summed E-state index contributed by atoms with van der Waals surface area (Å²) in [6, 6.07) is 16.2. The molecule has 0 aliphatic heterocycles. The molecule has 0 radical (unpaired) electrons. The van der Waals surface area contributed by atoms with Crippen LogP contribution in [0.15, 0.2) is 48.5 Å². The number of nitrogens with two attached hydrogens (primary N) is 2. The number of anilines is 1. The smallest absolute Gasteiger partial charge is 0.142 e. The summed E-state index contributed by atoms with van der Waals surface area (Å²) in [4.78, 5) is 0. The van der Waals surface area contributed by atoms with Gasteiger partial charge < -0.3 is 16.2 Å². The van der Waals surface area contributed by atoms with Crippen molar-refractivity contribution < 1.29 is 4.74 Å². The van der Waals surface area contributed by atoms with Crippen LogP contribution < -0.4 is 16.2 Å². The monoisotopic (exact) mass is 342 g/mol. The normalized spacial score (nSPS) is 10.3. The van der Waals surface area contributed by atoms with E-state index in [0.717, 1.165) is 30.0 Å². The molecular formula is C22H34N2O. The van der Waals surface area contributed by atoms with Crippen LogP contribution in [0.25, 0.3) is 0 Å². The average molecular weight is 343 g/mol. The maximum absolute atomic E-state index is 6.07. The molecule has 0 spiro atoms. The highest BCUT2D eigenvalue weighted by Gasteiger charge is 2.04. The summed E-state index contributed by atoms with van der Waals surface area (Å²) in [5.41, 5.74) is 14.4. The van der Waals surface area contributed by atoms with Gasteiger partial charge >= 0.3 is 0 Å². The van der Waals surface area contributed by atoms with Crippen LogP contribution in [0.3, 0.4) is 0 Å². The summed E-state index contributed by atoms with van der Waals surface area (Å²) >= 11 is 0. The molecule has 0 saturated carbocycles. The quantitative estimate of drug-likeness (QED) is 0.650. The van der Waals surface area contributed by atoms with E-state index in [2.05, 4.69) is 26.8 Å². The van der Waals surface area contributed by atoms with E-state index in [9.17, 15) is 0 Å². The van der Waals surface area contributed by atoms with Gasteiger partial charge in [0.15, 0.2) is 0 Å². The minimum Gasteiger partial charge on any atom is -0.487 e.